The van der Waals surface area contributed by atoms with Gasteiger partial charge in [0, 0.05) is 23.5 Å². The van der Waals surface area contributed by atoms with Gasteiger partial charge in [-0.25, -0.2) is 4.98 Å². The van der Waals surface area contributed by atoms with E-state index in [1.165, 1.54) is 42.1 Å². The number of aryl methyl sites for hydroxylation is 1. The zero-order chi connectivity index (χ0) is 13.1. The van der Waals surface area contributed by atoms with Gasteiger partial charge < -0.3 is 10.6 Å². The van der Waals surface area contributed by atoms with Crippen LogP contribution in [0.15, 0.2) is 0 Å². The lowest BCUT2D eigenvalue weighted by molar-refractivity contribution is 0.434. The molecular formula is C14H25N3S. The van der Waals surface area contributed by atoms with Crippen LogP contribution < -0.4 is 10.6 Å². The second-order valence-corrected chi connectivity index (χ2v) is 6.38. The molecule has 0 aliphatic carbocycles. The Labute approximate surface area is 114 Å². The van der Waals surface area contributed by atoms with Gasteiger partial charge in [-0.3, -0.25) is 0 Å². The molecule has 2 heterocycles. The lowest BCUT2D eigenvalue weighted by Gasteiger charge is -2.35. The summed E-state index contributed by atoms with van der Waals surface area (Å²) in [6.07, 6.45) is 6.52. The molecule has 1 aromatic rings. The summed E-state index contributed by atoms with van der Waals surface area (Å²) in [6, 6.07) is 0.792. The lowest BCUT2D eigenvalue weighted by atomic mass is 9.99. The van der Waals surface area contributed by atoms with Gasteiger partial charge >= 0.3 is 0 Å². The van der Waals surface area contributed by atoms with Crippen molar-refractivity contribution >= 4 is 16.5 Å². The molecule has 2 unspecified atom stereocenters. The number of nitrogens with zero attached hydrogens (tertiary/aromatic N) is 2. The van der Waals surface area contributed by atoms with E-state index in [0.717, 1.165) is 12.2 Å². The van der Waals surface area contributed by atoms with E-state index in [9.17, 15) is 0 Å². The normalized spacial score (nSPS) is 22.2. The Kier molecular flexibility index (Phi) is 4.62. The third kappa shape index (κ3) is 2.86. The summed E-state index contributed by atoms with van der Waals surface area (Å²) in [5.41, 5.74) is 7.12. The van der Waals surface area contributed by atoms with Gasteiger partial charge in [0.15, 0.2) is 5.13 Å². The molecule has 1 aliphatic heterocycles. The van der Waals surface area contributed by atoms with E-state index >= 15 is 0 Å². The summed E-state index contributed by atoms with van der Waals surface area (Å²) in [5.74, 6) is 0. The second kappa shape index (κ2) is 6.02. The molecule has 1 aliphatic rings. The van der Waals surface area contributed by atoms with Crippen LogP contribution in [0, 0.1) is 6.92 Å². The molecule has 0 amide bonds. The Morgan fingerprint density at radius 1 is 1.50 bits per heavy atom. The monoisotopic (exact) mass is 267 g/mol. The van der Waals surface area contributed by atoms with Crippen molar-refractivity contribution in [2.45, 2.75) is 65.0 Å². The van der Waals surface area contributed by atoms with E-state index in [0.29, 0.717) is 6.04 Å². The Balaban J connectivity index is 2.20. The Morgan fingerprint density at radius 2 is 2.28 bits per heavy atom. The first-order valence-corrected chi connectivity index (χ1v) is 7.94. The molecule has 0 spiro atoms. The van der Waals surface area contributed by atoms with Crippen LogP contribution in [0.2, 0.25) is 0 Å². The molecule has 0 bridgehead atoms. The van der Waals surface area contributed by atoms with E-state index in [1.54, 1.807) is 11.3 Å². The molecule has 2 atom stereocenters. The summed E-state index contributed by atoms with van der Waals surface area (Å²) in [6.45, 7) is 7.56. The highest BCUT2D eigenvalue weighted by atomic mass is 32.1. The largest absolute Gasteiger partial charge is 0.345 e. The van der Waals surface area contributed by atoms with Gasteiger partial charge in [-0.1, -0.05) is 13.3 Å². The summed E-state index contributed by atoms with van der Waals surface area (Å²) in [5, 5.41) is 1.19. The van der Waals surface area contributed by atoms with E-state index in [4.69, 9.17) is 10.7 Å². The van der Waals surface area contributed by atoms with Crippen molar-refractivity contribution < 1.29 is 0 Å². The first kappa shape index (κ1) is 13.8. The topological polar surface area (TPSA) is 42.2 Å². The number of anilines is 1. The standard InChI is InChI=1S/C14H25N3S/c1-4-7-12-8-5-6-9-17(12)14-16-11(3)13(18-14)10(2)15/h10,12H,4-9,15H2,1-3H3. The predicted molar refractivity (Wildman–Crippen MR) is 79.3 cm³/mol. The highest BCUT2D eigenvalue weighted by Crippen LogP contribution is 2.34. The first-order valence-electron chi connectivity index (χ1n) is 7.13. The van der Waals surface area contributed by atoms with Gasteiger partial charge in [-0.2, -0.15) is 0 Å². The van der Waals surface area contributed by atoms with Gasteiger partial charge in [0.1, 0.15) is 0 Å². The summed E-state index contributed by atoms with van der Waals surface area (Å²) in [7, 11) is 0. The molecular weight excluding hydrogens is 242 g/mol. The van der Waals surface area contributed by atoms with Crippen LogP contribution in [-0.2, 0) is 0 Å². The maximum absolute atomic E-state index is 6.00. The third-order valence-corrected chi connectivity index (χ3v) is 5.12. The number of hydrogen-bond donors (Lipinski definition) is 1. The van der Waals surface area contributed by atoms with Crippen LogP contribution in [-0.4, -0.2) is 17.6 Å². The Hall–Kier alpha value is -0.610. The molecule has 0 saturated carbocycles. The maximum Gasteiger partial charge on any atom is 0.186 e. The zero-order valence-electron chi connectivity index (χ0n) is 11.8. The second-order valence-electron chi connectivity index (χ2n) is 5.37. The van der Waals surface area contributed by atoms with Crippen LogP contribution in [0.4, 0.5) is 5.13 Å². The smallest absolute Gasteiger partial charge is 0.186 e. The van der Waals surface area contributed by atoms with E-state index in [2.05, 4.69) is 18.7 Å². The number of nitrogens with two attached hydrogens (primary N) is 1. The van der Waals surface area contributed by atoms with Crippen molar-refractivity contribution in [1.29, 1.82) is 0 Å². The number of thiazole rings is 1. The molecule has 0 radical (unpaired) electrons. The minimum atomic E-state index is 0.102. The fourth-order valence-corrected chi connectivity index (χ4v) is 3.94. The Morgan fingerprint density at radius 3 is 2.89 bits per heavy atom. The van der Waals surface area contributed by atoms with Gasteiger partial charge in [0.05, 0.1) is 5.69 Å². The lowest BCUT2D eigenvalue weighted by Crippen LogP contribution is -2.39. The third-order valence-electron chi connectivity index (χ3n) is 3.73. The fourth-order valence-electron chi connectivity index (χ4n) is 2.82. The van der Waals surface area contributed by atoms with Crippen molar-refractivity contribution in [3.63, 3.8) is 0 Å². The zero-order valence-corrected chi connectivity index (χ0v) is 12.6. The highest BCUT2D eigenvalue weighted by Gasteiger charge is 2.25. The minimum Gasteiger partial charge on any atom is -0.345 e. The van der Waals surface area contributed by atoms with Crippen molar-refractivity contribution in [2.24, 2.45) is 5.73 Å². The summed E-state index contributed by atoms with van der Waals surface area (Å²) in [4.78, 5) is 8.52. The number of piperidine rings is 1. The molecule has 1 fully saturated rings. The number of aromatic nitrogens is 1. The maximum atomic E-state index is 6.00. The molecule has 2 N–H and O–H groups in total. The van der Waals surface area contributed by atoms with Crippen molar-refractivity contribution in [3.8, 4) is 0 Å². The molecule has 4 heteroatoms. The molecule has 1 saturated heterocycles. The van der Waals surface area contributed by atoms with Crippen molar-refractivity contribution in [1.82, 2.24) is 4.98 Å². The van der Waals surface area contributed by atoms with Gasteiger partial charge in [-0.15, -0.1) is 11.3 Å². The van der Waals surface area contributed by atoms with Crippen LogP contribution >= 0.6 is 11.3 Å². The van der Waals surface area contributed by atoms with Crippen molar-refractivity contribution in [2.75, 3.05) is 11.4 Å². The molecule has 102 valence electrons. The number of rotatable bonds is 4. The van der Waals surface area contributed by atoms with Crippen LogP contribution in [0.25, 0.3) is 0 Å². The highest BCUT2D eigenvalue weighted by molar-refractivity contribution is 7.15. The van der Waals surface area contributed by atoms with E-state index in [1.807, 2.05) is 6.92 Å². The average molecular weight is 267 g/mol. The molecule has 0 aromatic carbocycles. The van der Waals surface area contributed by atoms with E-state index in [-0.39, 0.29) is 6.04 Å². The average Bonchev–Trinajstić information content (AvgIpc) is 2.72. The molecule has 3 nitrogen and oxygen atoms in total. The minimum absolute atomic E-state index is 0.102. The van der Waals surface area contributed by atoms with Gasteiger partial charge in [0.25, 0.3) is 0 Å². The van der Waals surface area contributed by atoms with Gasteiger partial charge in [-0.05, 0) is 39.5 Å². The Bertz CT molecular complexity index is 384. The van der Waals surface area contributed by atoms with Crippen LogP contribution in [0.3, 0.4) is 0 Å². The molecule has 2 rings (SSSR count). The molecule has 1 aromatic heterocycles. The van der Waals surface area contributed by atoms with Crippen molar-refractivity contribution in [3.05, 3.63) is 10.6 Å². The summed E-state index contributed by atoms with van der Waals surface area (Å²) >= 11 is 1.79. The molecule has 18 heavy (non-hydrogen) atoms. The quantitative estimate of drug-likeness (QED) is 0.905. The van der Waals surface area contributed by atoms with Crippen LogP contribution in [0.5, 0.6) is 0 Å². The summed E-state index contributed by atoms with van der Waals surface area (Å²) < 4.78 is 0. The fraction of sp³-hybridized carbons (Fsp3) is 0.786. The van der Waals surface area contributed by atoms with Gasteiger partial charge in [0.2, 0.25) is 0 Å². The van der Waals surface area contributed by atoms with E-state index < -0.39 is 0 Å². The van der Waals surface area contributed by atoms with Crippen LogP contribution in [0.1, 0.15) is 62.6 Å². The number of hydrogen-bond acceptors (Lipinski definition) is 4. The SMILES string of the molecule is CCCC1CCCCN1c1nc(C)c(C(C)N)s1. The first-order chi connectivity index (χ1) is 8.63. The predicted octanol–water partition coefficient (Wildman–Crippen LogP) is 3.63.